The average Bonchev–Trinajstić information content (AvgIpc) is 2.61. The number of fused-ring (bicyclic) bond motifs is 1. The van der Waals surface area contributed by atoms with E-state index in [2.05, 4.69) is 21.1 Å². The Kier molecular flexibility index (Phi) is 2.72. The lowest BCUT2D eigenvalue weighted by molar-refractivity contribution is 0.333. The molecule has 2 heterocycles. The minimum Gasteiger partial charge on any atom is -0.327 e. The minimum atomic E-state index is 0.645. The number of hydrogen-bond donors (Lipinski definition) is 1. The number of nitrogens with one attached hydrogen (secondary N) is 1. The Hall–Kier alpha value is -0.830. The van der Waals surface area contributed by atoms with Crippen LogP contribution in [-0.2, 0) is 6.42 Å². The molecule has 3 heteroatoms. The van der Waals surface area contributed by atoms with E-state index in [1.807, 2.05) is 7.05 Å². The van der Waals surface area contributed by atoms with E-state index in [1.165, 1.54) is 50.0 Å². The van der Waals surface area contributed by atoms with Gasteiger partial charge in [0.2, 0.25) is 0 Å². The van der Waals surface area contributed by atoms with Crippen molar-refractivity contribution >= 4 is 0 Å². The van der Waals surface area contributed by atoms with Gasteiger partial charge in [-0.15, -0.1) is 0 Å². The predicted molar refractivity (Wildman–Crippen MR) is 64.7 cm³/mol. The van der Waals surface area contributed by atoms with E-state index < -0.39 is 0 Å². The molecule has 3 rings (SSSR count). The molecule has 3 nitrogen and oxygen atoms in total. The van der Waals surface area contributed by atoms with Crippen LogP contribution in [0.5, 0.6) is 0 Å². The van der Waals surface area contributed by atoms with Crippen LogP contribution in [0.1, 0.15) is 55.6 Å². The summed E-state index contributed by atoms with van der Waals surface area (Å²) in [6.45, 7) is 1.09. The van der Waals surface area contributed by atoms with Crippen LogP contribution in [-0.4, -0.2) is 23.1 Å². The number of aryl methyl sites for hydroxylation is 1. The summed E-state index contributed by atoms with van der Waals surface area (Å²) in [5.74, 6) is 2.13. The first-order valence-electron chi connectivity index (χ1n) is 6.60. The fourth-order valence-electron chi connectivity index (χ4n) is 3.06. The summed E-state index contributed by atoms with van der Waals surface area (Å²) in [5, 5.41) is 3.32. The topological polar surface area (TPSA) is 29.9 Å². The number of likely N-dealkylation sites (N-methyl/N-ethyl adjacent to an activating group) is 1. The standard InChI is InChI=1S/C13H21N3/c1-14-8-11-6-3-7-12-9-15-13(16(11)12)10-4-2-5-10/h9-11,14H,2-8H2,1H3. The molecule has 1 aromatic heterocycles. The Morgan fingerprint density at radius 3 is 2.94 bits per heavy atom. The van der Waals surface area contributed by atoms with Gasteiger partial charge in [0.05, 0.1) is 0 Å². The van der Waals surface area contributed by atoms with Crippen LogP contribution in [0.25, 0.3) is 0 Å². The van der Waals surface area contributed by atoms with Crippen LogP contribution in [0.3, 0.4) is 0 Å². The molecule has 1 unspecified atom stereocenters. The fraction of sp³-hybridized carbons (Fsp3) is 0.769. The average molecular weight is 219 g/mol. The largest absolute Gasteiger partial charge is 0.327 e. The first kappa shape index (κ1) is 10.3. The van der Waals surface area contributed by atoms with Crippen molar-refractivity contribution < 1.29 is 0 Å². The monoisotopic (exact) mass is 219 g/mol. The van der Waals surface area contributed by atoms with Gasteiger partial charge in [0.15, 0.2) is 0 Å². The minimum absolute atomic E-state index is 0.645. The molecule has 16 heavy (non-hydrogen) atoms. The molecule has 88 valence electrons. The molecule has 0 spiro atoms. The highest BCUT2D eigenvalue weighted by Crippen LogP contribution is 2.38. The van der Waals surface area contributed by atoms with Gasteiger partial charge in [-0.2, -0.15) is 0 Å². The van der Waals surface area contributed by atoms with Crippen molar-refractivity contribution in [3.05, 3.63) is 17.7 Å². The van der Waals surface area contributed by atoms with Gasteiger partial charge in [-0.05, 0) is 39.2 Å². The quantitative estimate of drug-likeness (QED) is 0.845. The Bertz CT molecular complexity index is 365. The second-order valence-electron chi connectivity index (χ2n) is 5.21. The smallest absolute Gasteiger partial charge is 0.112 e. The van der Waals surface area contributed by atoms with Gasteiger partial charge in [-0.25, -0.2) is 4.98 Å². The van der Waals surface area contributed by atoms with Crippen molar-refractivity contribution in [1.82, 2.24) is 14.9 Å². The second-order valence-corrected chi connectivity index (χ2v) is 5.21. The van der Waals surface area contributed by atoms with Gasteiger partial charge in [0.1, 0.15) is 5.82 Å². The summed E-state index contributed by atoms with van der Waals surface area (Å²) in [6.07, 6.45) is 10.1. The van der Waals surface area contributed by atoms with Crippen molar-refractivity contribution in [3.63, 3.8) is 0 Å². The zero-order chi connectivity index (χ0) is 11.0. The molecule has 1 atom stereocenters. The van der Waals surface area contributed by atoms with Gasteiger partial charge < -0.3 is 9.88 Å². The van der Waals surface area contributed by atoms with E-state index >= 15 is 0 Å². The Labute approximate surface area is 97.3 Å². The molecule has 0 radical (unpaired) electrons. The molecule has 0 saturated heterocycles. The molecule has 0 amide bonds. The highest BCUT2D eigenvalue weighted by atomic mass is 15.1. The van der Waals surface area contributed by atoms with E-state index in [-0.39, 0.29) is 0 Å². The highest BCUT2D eigenvalue weighted by Gasteiger charge is 2.29. The third-order valence-corrected chi connectivity index (χ3v) is 4.15. The molecule has 1 N–H and O–H groups in total. The number of imidazole rings is 1. The molecule has 0 aromatic carbocycles. The van der Waals surface area contributed by atoms with Crippen LogP contribution in [0.15, 0.2) is 6.20 Å². The normalized spacial score (nSPS) is 25.2. The fourth-order valence-corrected chi connectivity index (χ4v) is 3.06. The molecule has 1 fully saturated rings. The molecular formula is C13H21N3. The summed E-state index contributed by atoms with van der Waals surface area (Å²) in [4.78, 5) is 4.69. The van der Waals surface area contributed by atoms with Gasteiger partial charge in [0, 0.05) is 30.4 Å². The lowest BCUT2D eigenvalue weighted by atomic mass is 9.84. The predicted octanol–water partition coefficient (Wildman–Crippen LogP) is 2.25. The van der Waals surface area contributed by atoms with Crippen molar-refractivity contribution in [1.29, 1.82) is 0 Å². The Balaban J connectivity index is 1.92. The molecule has 2 aliphatic rings. The van der Waals surface area contributed by atoms with E-state index in [4.69, 9.17) is 0 Å². The maximum absolute atomic E-state index is 4.69. The molecule has 1 aliphatic carbocycles. The molecule has 0 bridgehead atoms. The van der Waals surface area contributed by atoms with Gasteiger partial charge in [-0.3, -0.25) is 0 Å². The third-order valence-electron chi connectivity index (χ3n) is 4.15. The summed E-state index contributed by atoms with van der Waals surface area (Å²) < 4.78 is 2.55. The third kappa shape index (κ3) is 1.58. The van der Waals surface area contributed by atoms with E-state index in [0.29, 0.717) is 6.04 Å². The van der Waals surface area contributed by atoms with Crippen LogP contribution >= 0.6 is 0 Å². The first-order valence-corrected chi connectivity index (χ1v) is 6.60. The first-order chi connectivity index (χ1) is 7.90. The molecule has 1 saturated carbocycles. The number of rotatable bonds is 3. The molecular weight excluding hydrogens is 198 g/mol. The van der Waals surface area contributed by atoms with Crippen LogP contribution in [0.2, 0.25) is 0 Å². The lowest BCUT2D eigenvalue weighted by Gasteiger charge is -2.32. The van der Waals surface area contributed by atoms with Crippen molar-refractivity contribution in [3.8, 4) is 0 Å². The van der Waals surface area contributed by atoms with Crippen molar-refractivity contribution in [2.45, 2.75) is 50.5 Å². The zero-order valence-corrected chi connectivity index (χ0v) is 10.1. The second kappa shape index (κ2) is 4.21. The maximum atomic E-state index is 4.69. The van der Waals surface area contributed by atoms with E-state index in [0.717, 1.165) is 12.5 Å². The summed E-state index contributed by atoms with van der Waals surface area (Å²) in [5.41, 5.74) is 1.47. The number of hydrogen-bond acceptors (Lipinski definition) is 2. The summed E-state index contributed by atoms with van der Waals surface area (Å²) >= 11 is 0. The van der Waals surface area contributed by atoms with Gasteiger partial charge in [-0.1, -0.05) is 6.42 Å². The Morgan fingerprint density at radius 2 is 2.25 bits per heavy atom. The highest BCUT2D eigenvalue weighted by molar-refractivity contribution is 5.15. The molecule has 1 aromatic rings. The zero-order valence-electron chi connectivity index (χ0n) is 10.1. The summed E-state index contributed by atoms with van der Waals surface area (Å²) in [7, 11) is 2.05. The van der Waals surface area contributed by atoms with Crippen LogP contribution in [0.4, 0.5) is 0 Å². The lowest BCUT2D eigenvalue weighted by Crippen LogP contribution is -2.29. The molecule has 1 aliphatic heterocycles. The van der Waals surface area contributed by atoms with Gasteiger partial charge >= 0.3 is 0 Å². The number of nitrogens with zero attached hydrogens (tertiary/aromatic N) is 2. The van der Waals surface area contributed by atoms with Crippen LogP contribution < -0.4 is 5.32 Å². The van der Waals surface area contributed by atoms with Crippen LogP contribution in [0, 0.1) is 0 Å². The SMILES string of the molecule is CNCC1CCCc2cnc(C3CCC3)n21. The van der Waals surface area contributed by atoms with E-state index in [9.17, 15) is 0 Å². The van der Waals surface area contributed by atoms with Crippen molar-refractivity contribution in [2.75, 3.05) is 13.6 Å². The van der Waals surface area contributed by atoms with Crippen molar-refractivity contribution in [2.24, 2.45) is 0 Å². The van der Waals surface area contributed by atoms with Gasteiger partial charge in [0.25, 0.3) is 0 Å². The Morgan fingerprint density at radius 1 is 1.38 bits per heavy atom. The maximum Gasteiger partial charge on any atom is 0.112 e. The van der Waals surface area contributed by atoms with E-state index in [1.54, 1.807) is 0 Å². The number of aromatic nitrogens is 2. The summed E-state index contributed by atoms with van der Waals surface area (Å²) in [6, 6.07) is 0.645.